The van der Waals surface area contributed by atoms with Crippen LogP contribution in [-0.2, 0) is 38.1 Å². The molecule has 0 radical (unpaired) electrons. The predicted molar refractivity (Wildman–Crippen MR) is 191 cm³/mol. The predicted octanol–water partition coefficient (Wildman–Crippen LogP) is 3.67. The molecular formula is C41H51NO11. The summed E-state index contributed by atoms with van der Waals surface area (Å²) >= 11 is 0. The van der Waals surface area contributed by atoms with Crippen molar-refractivity contribution in [2.45, 2.75) is 102 Å². The zero-order valence-electron chi connectivity index (χ0n) is 31.4. The average Bonchev–Trinajstić information content (AvgIpc) is 3.13. The lowest BCUT2D eigenvalue weighted by Crippen LogP contribution is -2.78. The standard InChI is InChI=1S/C41H51NO11/c1-22(43)19-40-21-51-28(40)18-27(49-6)39(5)33(40)35(53-36(46)25-16-12-9-13-17-25)41(48)20-26(23(2)29(38(41,3)4)32(50-7)34(39)45)52-37(47)31(44)30(42)24-14-10-8-11-15-24/h8-17,26-28,30-33,35,44,48H,18-21,42H2,1-7H3/t26-,27-,28+,30-,31+,32+,33-,35-,39+,40+,41+/m0/s1. The molecule has 53 heavy (non-hydrogen) atoms. The van der Waals surface area contributed by atoms with Crippen molar-refractivity contribution in [1.29, 1.82) is 0 Å². The van der Waals surface area contributed by atoms with Crippen LogP contribution in [0.5, 0.6) is 0 Å². The number of fused-ring (bicyclic) bond motifs is 5. The summed E-state index contributed by atoms with van der Waals surface area (Å²) in [5.41, 5.74) is 1.87. The number of nitrogens with two attached hydrogens (primary N) is 1. The van der Waals surface area contributed by atoms with Gasteiger partial charge in [-0.2, -0.15) is 0 Å². The highest BCUT2D eigenvalue weighted by Crippen LogP contribution is 2.67. The molecule has 0 unspecified atom stereocenters. The lowest BCUT2D eigenvalue weighted by atomic mass is 9.41. The number of methoxy groups -OCH3 is 2. The number of ketones is 2. The van der Waals surface area contributed by atoms with E-state index >= 15 is 4.79 Å². The Bertz CT molecular complexity index is 1780. The van der Waals surface area contributed by atoms with Crippen molar-refractivity contribution in [3.63, 3.8) is 0 Å². The summed E-state index contributed by atoms with van der Waals surface area (Å²) in [6, 6.07) is 15.8. The zero-order chi connectivity index (χ0) is 38.7. The van der Waals surface area contributed by atoms with Gasteiger partial charge in [0.1, 0.15) is 29.7 Å². The topological polar surface area (TPSA) is 181 Å². The average molecular weight is 734 g/mol. The molecule has 2 saturated carbocycles. The molecular weight excluding hydrogens is 682 g/mol. The van der Waals surface area contributed by atoms with Crippen LogP contribution in [0.2, 0.25) is 0 Å². The van der Waals surface area contributed by atoms with Crippen LogP contribution < -0.4 is 5.73 Å². The van der Waals surface area contributed by atoms with Crippen molar-refractivity contribution in [3.05, 3.63) is 82.9 Å². The molecule has 0 amide bonds. The smallest absolute Gasteiger partial charge is 0.338 e. The molecule has 12 nitrogen and oxygen atoms in total. The first-order chi connectivity index (χ1) is 25.0. The van der Waals surface area contributed by atoms with Gasteiger partial charge in [-0.05, 0) is 49.6 Å². The molecule has 0 spiro atoms. The Balaban J connectivity index is 1.56. The molecule has 11 atom stereocenters. The summed E-state index contributed by atoms with van der Waals surface area (Å²) in [6.45, 7) is 8.47. The number of Topliss-reactive ketones (excluding diaryl/α,β-unsaturated/α-hetero) is 2. The Kier molecular flexibility index (Phi) is 10.4. The van der Waals surface area contributed by atoms with Gasteiger partial charge >= 0.3 is 11.9 Å². The fraction of sp³-hybridized carbons (Fsp3) is 0.561. The highest BCUT2D eigenvalue weighted by atomic mass is 16.6. The Labute approximate surface area is 310 Å². The van der Waals surface area contributed by atoms with Crippen LogP contribution in [0.1, 0.15) is 75.8 Å². The van der Waals surface area contributed by atoms with Crippen molar-refractivity contribution < 1.29 is 53.1 Å². The fourth-order valence-electron chi connectivity index (χ4n) is 10.0. The number of hydrogen-bond acceptors (Lipinski definition) is 12. The van der Waals surface area contributed by atoms with E-state index in [1.54, 1.807) is 88.4 Å². The molecule has 2 aromatic rings. The van der Waals surface area contributed by atoms with Crippen LogP contribution in [0.15, 0.2) is 71.8 Å². The summed E-state index contributed by atoms with van der Waals surface area (Å²) in [6.07, 6.45) is -7.09. The third-order valence-electron chi connectivity index (χ3n) is 12.9. The lowest BCUT2D eigenvalue weighted by Gasteiger charge is -2.69. The van der Waals surface area contributed by atoms with Gasteiger partial charge in [-0.1, -0.05) is 62.4 Å². The van der Waals surface area contributed by atoms with E-state index in [2.05, 4.69) is 0 Å². The van der Waals surface area contributed by atoms with Crippen LogP contribution in [-0.4, -0.2) is 96.8 Å². The van der Waals surface area contributed by atoms with Crippen LogP contribution in [0, 0.1) is 22.2 Å². The van der Waals surface area contributed by atoms with E-state index < -0.39 is 88.2 Å². The van der Waals surface area contributed by atoms with Gasteiger partial charge in [0.05, 0.1) is 35.8 Å². The number of aliphatic hydroxyl groups is 2. The van der Waals surface area contributed by atoms with Crippen molar-refractivity contribution in [2.75, 3.05) is 20.8 Å². The molecule has 3 aliphatic carbocycles. The molecule has 4 N–H and O–H groups in total. The van der Waals surface area contributed by atoms with E-state index in [1.807, 2.05) is 0 Å². The number of esters is 2. The van der Waals surface area contributed by atoms with Crippen molar-refractivity contribution in [1.82, 2.24) is 0 Å². The maximum atomic E-state index is 15.4. The Morgan fingerprint density at radius 3 is 2.15 bits per heavy atom. The maximum Gasteiger partial charge on any atom is 0.338 e. The van der Waals surface area contributed by atoms with Gasteiger partial charge in [0, 0.05) is 50.2 Å². The van der Waals surface area contributed by atoms with Crippen molar-refractivity contribution in [2.24, 2.45) is 27.9 Å². The van der Waals surface area contributed by atoms with Crippen LogP contribution in [0.25, 0.3) is 0 Å². The fourth-order valence-corrected chi connectivity index (χ4v) is 10.0. The first kappa shape index (κ1) is 38.9. The number of carbonyl (C=O) groups excluding carboxylic acids is 4. The number of benzene rings is 2. The SMILES string of the molecule is CO[C@H]1C(=O)[C@]2(C)[C@@H](OC)C[C@H]3OC[C@@]3(CC(C)=O)[C@H]2[C@H](OC(=O)c2ccccc2)[C@]2(O)C[C@H](OC(=O)[C@H](O)[C@@H](N)c3ccccc3)C(C)=C1C2(C)C. The molecule has 1 aliphatic heterocycles. The van der Waals surface area contributed by atoms with E-state index in [4.69, 9.17) is 29.4 Å². The molecule has 1 saturated heterocycles. The molecule has 0 aromatic heterocycles. The van der Waals surface area contributed by atoms with Gasteiger partial charge in [-0.3, -0.25) is 4.79 Å². The van der Waals surface area contributed by atoms with E-state index in [0.29, 0.717) is 16.7 Å². The Hall–Kier alpha value is -3.78. The molecule has 2 bridgehead atoms. The van der Waals surface area contributed by atoms with Gasteiger partial charge in [0.25, 0.3) is 0 Å². The second kappa shape index (κ2) is 14.1. The van der Waals surface area contributed by atoms with Crippen LogP contribution in [0.3, 0.4) is 0 Å². The van der Waals surface area contributed by atoms with E-state index in [1.165, 1.54) is 21.1 Å². The van der Waals surface area contributed by atoms with Crippen LogP contribution in [0.4, 0.5) is 0 Å². The maximum absolute atomic E-state index is 15.4. The van der Waals surface area contributed by atoms with Gasteiger partial charge in [0.2, 0.25) is 0 Å². The minimum atomic E-state index is -2.06. The molecule has 6 rings (SSSR count). The number of carbonyl (C=O) groups is 4. The molecule has 1 heterocycles. The quantitative estimate of drug-likeness (QED) is 0.239. The molecule has 12 heteroatoms. The first-order valence-electron chi connectivity index (χ1n) is 18.1. The normalized spacial score (nSPS) is 35.7. The molecule has 4 aliphatic rings. The summed E-state index contributed by atoms with van der Waals surface area (Å²) in [5, 5.41) is 24.7. The summed E-state index contributed by atoms with van der Waals surface area (Å²) in [5.74, 6) is -3.38. The summed E-state index contributed by atoms with van der Waals surface area (Å²) in [4.78, 5) is 56.4. The van der Waals surface area contributed by atoms with E-state index in [0.717, 1.165) is 0 Å². The monoisotopic (exact) mass is 733 g/mol. The van der Waals surface area contributed by atoms with E-state index in [9.17, 15) is 24.6 Å². The second-order valence-corrected chi connectivity index (χ2v) is 16.0. The summed E-state index contributed by atoms with van der Waals surface area (Å²) < 4.78 is 30.8. The van der Waals surface area contributed by atoms with Gasteiger partial charge in [-0.25, -0.2) is 9.59 Å². The molecule has 2 aromatic carbocycles. The molecule has 3 fully saturated rings. The number of aliphatic hydroxyl groups excluding tert-OH is 1. The van der Waals surface area contributed by atoms with Gasteiger partial charge in [-0.15, -0.1) is 0 Å². The Morgan fingerprint density at radius 2 is 1.60 bits per heavy atom. The van der Waals surface area contributed by atoms with E-state index in [-0.39, 0.29) is 37.2 Å². The highest BCUT2D eigenvalue weighted by molar-refractivity contribution is 5.94. The Morgan fingerprint density at radius 1 is 0.981 bits per heavy atom. The number of ether oxygens (including phenoxy) is 5. The third kappa shape index (κ3) is 5.98. The highest BCUT2D eigenvalue weighted by Gasteiger charge is 2.76. The van der Waals surface area contributed by atoms with Crippen molar-refractivity contribution >= 4 is 23.5 Å². The molecule has 286 valence electrons. The van der Waals surface area contributed by atoms with Gasteiger partial charge in [0.15, 0.2) is 11.9 Å². The first-order valence-corrected chi connectivity index (χ1v) is 18.1. The van der Waals surface area contributed by atoms with Crippen LogP contribution >= 0.6 is 0 Å². The summed E-state index contributed by atoms with van der Waals surface area (Å²) in [7, 11) is 2.89. The minimum Gasteiger partial charge on any atom is -0.456 e. The largest absolute Gasteiger partial charge is 0.456 e. The second-order valence-electron chi connectivity index (χ2n) is 16.0. The number of hydrogen-bond donors (Lipinski definition) is 3. The zero-order valence-corrected chi connectivity index (χ0v) is 31.4. The van der Waals surface area contributed by atoms with Crippen molar-refractivity contribution in [3.8, 4) is 0 Å². The van der Waals surface area contributed by atoms with Gasteiger partial charge < -0.3 is 44.4 Å². The lowest BCUT2D eigenvalue weighted by molar-refractivity contribution is -0.321. The number of rotatable bonds is 10. The minimum absolute atomic E-state index is 0.0150. The third-order valence-corrected chi connectivity index (χ3v) is 12.9.